The Kier molecular flexibility index (Phi) is 7.85. The van der Waals surface area contributed by atoms with Crippen LogP contribution in [0.1, 0.15) is 25.0 Å². The van der Waals surface area contributed by atoms with Gasteiger partial charge in [-0.05, 0) is 92.5 Å². The van der Waals surface area contributed by atoms with Gasteiger partial charge in [-0.1, -0.05) is 172 Å². The van der Waals surface area contributed by atoms with Gasteiger partial charge >= 0.3 is 0 Å². The SMILES string of the molecule is CC1(C)c2ccccc2N(c2c(-c3ccc(N(c4ccccc4)c4ccc5ccccc5c4)cc3)ccc3ccccc23)c2cc(-c3ccccc3)ccc21. The average Bonchev–Trinajstić information content (AvgIpc) is 3.25. The van der Waals surface area contributed by atoms with Crippen LogP contribution in [0.15, 0.2) is 206 Å². The van der Waals surface area contributed by atoms with Crippen molar-refractivity contribution in [1.29, 1.82) is 0 Å². The summed E-state index contributed by atoms with van der Waals surface area (Å²) in [5.74, 6) is 0. The Hall–Kier alpha value is -6.90. The van der Waals surface area contributed by atoms with Crippen LogP contribution in [0.5, 0.6) is 0 Å². The third kappa shape index (κ3) is 5.57. The van der Waals surface area contributed by atoms with E-state index in [-0.39, 0.29) is 5.41 Å². The quantitative estimate of drug-likeness (QED) is 0.170. The van der Waals surface area contributed by atoms with Crippen LogP contribution in [-0.4, -0.2) is 0 Å². The van der Waals surface area contributed by atoms with Gasteiger partial charge in [0.05, 0.1) is 17.1 Å². The molecule has 0 bridgehead atoms. The lowest BCUT2D eigenvalue weighted by molar-refractivity contribution is 0.632. The third-order valence-corrected chi connectivity index (χ3v) is 11.4. The molecule has 0 spiro atoms. The van der Waals surface area contributed by atoms with Crippen molar-refractivity contribution < 1.29 is 0 Å². The molecule has 55 heavy (non-hydrogen) atoms. The molecule has 2 nitrogen and oxygen atoms in total. The molecule has 0 fully saturated rings. The smallest absolute Gasteiger partial charge is 0.0618 e. The van der Waals surface area contributed by atoms with Gasteiger partial charge in [0.15, 0.2) is 0 Å². The molecule has 9 aromatic carbocycles. The molecule has 1 aliphatic heterocycles. The monoisotopic (exact) mass is 704 g/mol. The highest BCUT2D eigenvalue weighted by Crippen LogP contribution is 2.55. The Morgan fingerprint density at radius 1 is 0.382 bits per heavy atom. The Morgan fingerprint density at radius 3 is 1.76 bits per heavy atom. The van der Waals surface area contributed by atoms with E-state index in [9.17, 15) is 0 Å². The van der Waals surface area contributed by atoms with Gasteiger partial charge < -0.3 is 9.80 Å². The summed E-state index contributed by atoms with van der Waals surface area (Å²) >= 11 is 0. The van der Waals surface area contributed by atoms with E-state index in [0.717, 1.165) is 17.1 Å². The van der Waals surface area contributed by atoms with Gasteiger partial charge in [0.1, 0.15) is 0 Å². The molecule has 10 rings (SSSR count). The van der Waals surface area contributed by atoms with Crippen molar-refractivity contribution in [2.24, 2.45) is 0 Å². The van der Waals surface area contributed by atoms with E-state index < -0.39 is 0 Å². The number of fused-ring (bicyclic) bond motifs is 4. The molecule has 1 aliphatic rings. The van der Waals surface area contributed by atoms with Crippen LogP contribution in [-0.2, 0) is 5.41 Å². The topological polar surface area (TPSA) is 6.48 Å². The predicted octanol–water partition coefficient (Wildman–Crippen LogP) is 14.9. The number of benzene rings is 9. The minimum atomic E-state index is -0.187. The summed E-state index contributed by atoms with van der Waals surface area (Å²) in [5, 5.41) is 4.89. The molecule has 0 atom stereocenters. The highest BCUT2D eigenvalue weighted by molar-refractivity contribution is 6.08. The number of nitrogens with zero attached hydrogens (tertiary/aromatic N) is 2. The zero-order valence-electron chi connectivity index (χ0n) is 31.0. The number of hydrogen-bond donors (Lipinski definition) is 0. The Morgan fingerprint density at radius 2 is 0.964 bits per heavy atom. The van der Waals surface area contributed by atoms with Crippen LogP contribution in [0.4, 0.5) is 34.1 Å². The van der Waals surface area contributed by atoms with E-state index in [0.29, 0.717) is 0 Å². The van der Waals surface area contributed by atoms with Gasteiger partial charge in [0.2, 0.25) is 0 Å². The largest absolute Gasteiger partial charge is 0.310 e. The zero-order valence-corrected chi connectivity index (χ0v) is 31.0. The van der Waals surface area contributed by atoms with Crippen molar-refractivity contribution in [1.82, 2.24) is 0 Å². The molecule has 0 unspecified atom stereocenters. The lowest BCUT2D eigenvalue weighted by atomic mass is 9.73. The molecule has 0 saturated heterocycles. The molecule has 0 aromatic heterocycles. The molecule has 0 aliphatic carbocycles. The van der Waals surface area contributed by atoms with Crippen molar-refractivity contribution in [2.75, 3.05) is 9.80 Å². The van der Waals surface area contributed by atoms with E-state index in [2.05, 4.69) is 230 Å². The van der Waals surface area contributed by atoms with Crippen LogP contribution in [0.2, 0.25) is 0 Å². The number of rotatable bonds is 6. The first-order valence-corrected chi connectivity index (χ1v) is 19.1. The maximum Gasteiger partial charge on any atom is 0.0618 e. The number of para-hydroxylation sites is 2. The summed E-state index contributed by atoms with van der Waals surface area (Å²) in [7, 11) is 0. The normalized spacial score (nSPS) is 13.0. The molecule has 262 valence electrons. The lowest BCUT2D eigenvalue weighted by Crippen LogP contribution is -2.31. The summed E-state index contributed by atoms with van der Waals surface area (Å²) in [6.45, 7) is 4.72. The maximum absolute atomic E-state index is 2.54. The van der Waals surface area contributed by atoms with E-state index in [1.54, 1.807) is 0 Å². The van der Waals surface area contributed by atoms with Crippen LogP contribution in [0, 0.1) is 0 Å². The van der Waals surface area contributed by atoms with Crippen molar-refractivity contribution >= 4 is 55.7 Å². The number of anilines is 6. The summed E-state index contributed by atoms with van der Waals surface area (Å²) in [6.07, 6.45) is 0. The second-order valence-electron chi connectivity index (χ2n) is 15.0. The van der Waals surface area contributed by atoms with E-state index >= 15 is 0 Å². The van der Waals surface area contributed by atoms with Crippen molar-refractivity contribution in [3.8, 4) is 22.3 Å². The second-order valence-corrected chi connectivity index (χ2v) is 15.0. The predicted molar refractivity (Wildman–Crippen MR) is 234 cm³/mol. The second kappa shape index (κ2) is 13.2. The van der Waals surface area contributed by atoms with Gasteiger partial charge in [0, 0.05) is 33.4 Å². The van der Waals surface area contributed by atoms with Crippen LogP contribution in [0.25, 0.3) is 43.8 Å². The highest BCUT2D eigenvalue weighted by Gasteiger charge is 2.38. The first-order valence-electron chi connectivity index (χ1n) is 19.1. The zero-order chi connectivity index (χ0) is 36.9. The van der Waals surface area contributed by atoms with Gasteiger partial charge in [-0.25, -0.2) is 0 Å². The molecule has 9 aromatic rings. The molecule has 0 saturated carbocycles. The summed E-state index contributed by atoms with van der Waals surface area (Å²) < 4.78 is 0. The summed E-state index contributed by atoms with van der Waals surface area (Å²) in [5.41, 5.74) is 14.2. The fraction of sp³-hybridized carbons (Fsp3) is 0.0566. The maximum atomic E-state index is 2.54. The van der Waals surface area contributed by atoms with Gasteiger partial charge in [0.25, 0.3) is 0 Å². The van der Waals surface area contributed by atoms with Crippen LogP contribution in [0.3, 0.4) is 0 Å². The van der Waals surface area contributed by atoms with E-state index in [4.69, 9.17) is 0 Å². The lowest BCUT2D eigenvalue weighted by Gasteiger charge is -2.43. The molecule has 0 radical (unpaired) electrons. The van der Waals surface area contributed by atoms with E-state index in [1.165, 1.54) is 72.0 Å². The van der Waals surface area contributed by atoms with Gasteiger partial charge in [-0.3, -0.25) is 0 Å². The first kappa shape index (κ1) is 32.7. The fourth-order valence-corrected chi connectivity index (χ4v) is 8.63. The van der Waals surface area contributed by atoms with E-state index in [1.807, 2.05) is 0 Å². The Labute approximate surface area is 323 Å². The van der Waals surface area contributed by atoms with Crippen LogP contribution < -0.4 is 9.80 Å². The first-order chi connectivity index (χ1) is 27.0. The molecule has 0 N–H and O–H groups in total. The average molecular weight is 705 g/mol. The molecule has 0 amide bonds. The third-order valence-electron chi connectivity index (χ3n) is 11.4. The molecule has 1 heterocycles. The number of hydrogen-bond acceptors (Lipinski definition) is 2. The molecular weight excluding hydrogens is 665 g/mol. The van der Waals surface area contributed by atoms with Gasteiger partial charge in [-0.2, -0.15) is 0 Å². The summed E-state index contributed by atoms with van der Waals surface area (Å²) in [4.78, 5) is 4.89. The molecule has 2 heteroatoms. The van der Waals surface area contributed by atoms with Crippen molar-refractivity contribution in [2.45, 2.75) is 19.3 Å². The Bertz CT molecular complexity index is 2840. The highest BCUT2D eigenvalue weighted by atomic mass is 15.2. The summed E-state index contributed by atoms with van der Waals surface area (Å²) in [6, 6.07) is 75.2. The minimum Gasteiger partial charge on any atom is -0.310 e. The Balaban J connectivity index is 1.17. The fourth-order valence-electron chi connectivity index (χ4n) is 8.63. The van der Waals surface area contributed by atoms with Crippen LogP contribution >= 0.6 is 0 Å². The van der Waals surface area contributed by atoms with Gasteiger partial charge in [-0.15, -0.1) is 0 Å². The van der Waals surface area contributed by atoms with Crippen molar-refractivity contribution in [3.05, 3.63) is 217 Å². The molecular formula is C53H40N2. The standard InChI is InChI=1S/C53H40N2/c1-53(2)48-23-13-14-24-50(48)55(51-36-42(29-34-49(51)53)37-15-5-3-6-16-37)52-46-22-12-11-18-39(46)28-33-47(52)40-26-30-44(31-27-40)54(43-20-7-4-8-21-43)45-32-25-38-17-9-10-19-41(38)35-45/h3-36H,1-2H3. The van der Waals surface area contributed by atoms with Crippen molar-refractivity contribution in [3.63, 3.8) is 0 Å². The minimum absolute atomic E-state index is 0.187.